The van der Waals surface area contributed by atoms with E-state index in [4.69, 9.17) is 9.47 Å². The van der Waals surface area contributed by atoms with Crippen LogP contribution in [-0.2, 0) is 18.8 Å². The van der Waals surface area contributed by atoms with Gasteiger partial charge in [0.2, 0.25) is 0 Å². The Labute approximate surface area is 196 Å². The molecule has 2 fully saturated rings. The first-order chi connectivity index (χ1) is 16.4. The molecule has 2 saturated heterocycles. The number of methoxy groups -OCH3 is 1. The summed E-state index contributed by atoms with van der Waals surface area (Å²) >= 11 is 0. The van der Waals surface area contributed by atoms with Gasteiger partial charge in [0.25, 0.3) is 5.91 Å². The maximum absolute atomic E-state index is 13.4. The second-order valence-corrected chi connectivity index (χ2v) is 9.13. The van der Waals surface area contributed by atoms with Gasteiger partial charge in [0, 0.05) is 62.1 Å². The molecule has 2 aromatic carbocycles. The number of benzene rings is 2. The second kappa shape index (κ2) is 7.71. The van der Waals surface area contributed by atoms with Gasteiger partial charge in [-0.1, -0.05) is 0 Å². The highest BCUT2D eigenvalue weighted by Crippen LogP contribution is 2.37. The number of hydrogen-bond acceptors (Lipinski definition) is 7. The highest BCUT2D eigenvalue weighted by molar-refractivity contribution is 6.14. The molecule has 1 amide bonds. The van der Waals surface area contributed by atoms with Crippen LogP contribution < -0.4 is 20.3 Å². The van der Waals surface area contributed by atoms with Crippen LogP contribution in [0, 0.1) is 0 Å². The largest absolute Gasteiger partial charge is 0.494 e. The minimum absolute atomic E-state index is 0.121. The number of carbonyl (C=O) groups excluding carboxylic acids is 1. The first-order valence-electron chi connectivity index (χ1n) is 11.3. The first-order valence-corrected chi connectivity index (χ1v) is 11.3. The standard InChI is InChI=1S/C24H27N7O3/c1-29-10-15-8-19(21(33-3)9-18(15)27-29)26-23(32)16-4-5-20(17-11-30(2)28-22(16)17)31-13-24(14-31)12-25-6-7-34-24/h4-5,8-11,25H,6-7,12-14H2,1-3H3,(H,26,32). The fourth-order valence-electron chi connectivity index (χ4n) is 5.03. The maximum Gasteiger partial charge on any atom is 0.258 e. The molecule has 0 unspecified atom stereocenters. The quantitative estimate of drug-likeness (QED) is 0.479. The summed E-state index contributed by atoms with van der Waals surface area (Å²) in [6, 6.07) is 7.55. The van der Waals surface area contributed by atoms with Gasteiger partial charge in [-0.05, 0) is 18.2 Å². The maximum atomic E-state index is 13.4. The molecule has 0 radical (unpaired) electrons. The van der Waals surface area contributed by atoms with Gasteiger partial charge >= 0.3 is 0 Å². The normalized spacial score (nSPS) is 17.3. The lowest BCUT2D eigenvalue weighted by Crippen LogP contribution is -2.70. The molecule has 176 valence electrons. The summed E-state index contributed by atoms with van der Waals surface area (Å²) in [4.78, 5) is 15.7. The number of rotatable bonds is 4. The Morgan fingerprint density at radius 3 is 2.76 bits per heavy atom. The lowest BCUT2D eigenvalue weighted by Gasteiger charge is -2.52. The van der Waals surface area contributed by atoms with Crippen LogP contribution in [0.1, 0.15) is 10.4 Å². The number of nitrogens with one attached hydrogen (secondary N) is 2. The molecule has 6 rings (SSSR count). The minimum Gasteiger partial charge on any atom is -0.494 e. The molecule has 4 heterocycles. The molecule has 0 atom stereocenters. The summed E-state index contributed by atoms with van der Waals surface area (Å²) in [5.41, 5.74) is 3.52. The van der Waals surface area contributed by atoms with E-state index in [1.807, 2.05) is 50.8 Å². The van der Waals surface area contributed by atoms with Crippen LogP contribution in [-0.4, -0.2) is 71.0 Å². The summed E-state index contributed by atoms with van der Waals surface area (Å²) in [7, 11) is 5.31. The molecule has 2 N–H and O–H groups in total. The number of nitrogens with zero attached hydrogens (tertiary/aromatic N) is 5. The lowest BCUT2D eigenvalue weighted by atomic mass is 9.91. The molecule has 2 aromatic heterocycles. The van der Waals surface area contributed by atoms with E-state index in [1.54, 1.807) is 16.5 Å². The highest BCUT2D eigenvalue weighted by Gasteiger charge is 2.45. The van der Waals surface area contributed by atoms with Crippen LogP contribution in [0.3, 0.4) is 0 Å². The molecule has 0 saturated carbocycles. The number of aryl methyl sites for hydroxylation is 2. The van der Waals surface area contributed by atoms with E-state index < -0.39 is 0 Å². The van der Waals surface area contributed by atoms with Crippen molar-refractivity contribution in [2.45, 2.75) is 5.60 Å². The van der Waals surface area contributed by atoms with Crippen molar-refractivity contribution in [1.82, 2.24) is 24.9 Å². The molecular weight excluding hydrogens is 434 g/mol. The number of ether oxygens (including phenoxy) is 2. The first kappa shape index (κ1) is 20.9. The molecule has 34 heavy (non-hydrogen) atoms. The Morgan fingerprint density at radius 2 is 2.00 bits per heavy atom. The van der Waals surface area contributed by atoms with Crippen molar-refractivity contribution in [3.63, 3.8) is 0 Å². The molecule has 2 aliphatic heterocycles. The Hall–Kier alpha value is -3.63. The van der Waals surface area contributed by atoms with Gasteiger partial charge in [0.05, 0.1) is 43.6 Å². The predicted octanol–water partition coefficient (Wildman–Crippen LogP) is 1.90. The third-order valence-electron chi connectivity index (χ3n) is 6.63. The molecule has 0 bridgehead atoms. The number of amides is 1. The lowest BCUT2D eigenvalue weighted by molar-refractivity contribution is -0.0827. The van der Waals surface area contributed by atoms with Crippen LogP contribution >= 0.6 is 0 Å². The van der Waals surface area contributed by atoms with Crippen molar-refractivity contribution < 1.29 is 14.3 Å². The van der Waals surface area contributed by atoms with Crippen LogP contribution in [0.2, 0.25) is 0 Å². The highest BCUT2D eigenvalue weighted by atomic mass is 16.5. The monoisotopic (exact) mass is 461 g/mol. The van der Waals surface area contributed by atoms with Gasteiger partial charge in [0.1, 0.15) is 16.9 Å². The average molecular weight is 462 g/mol. The fourth-order valence-corrected chi connectivity index (χ4v) is 5.03. The van der Waals surface area contributed by atoms with Gasteiger partial charge in [-0.25, -0.2) is 0 Å². The van der Waals surface area contributed by atoms with Crippen molar-refractivity contribution in [1.29, 1.82) is 0 Å². The summed E-state index contributed by atoms with van der Waals surface area (Å²) in [5, 5.41) is 17.3. The number of hydrogen-bond donors (Lipinski definition) is 2. The van der Waals surface area contributed by atoms with Crippen molar-refractivity contribution in [3.05, 3.63) is 42.2 Å². The van der Waals surface area contributed by atoms with E-state index in [1.165, 1.54) is 0 Å². The van der Waals surface area contributed by atoms with Gasteiger partial charge in [0.15, 0.2) is 0 Å². The zero-order chi connectivity index (χ0) is 23.4. The topological polar surface area (TPSA) is 98.5 Å². The zero-order valence-electron chi connectivity index (χ0n) is 19.5. The number of fused-ring (bicyclic) bond motifs is 2. The van der Waals surface area contributed by atoms with Gasteiger partial charge in [-0.3, -0.25) is 14.2 Å². The SMILES string of the molecule is COc1cc2nn(C)cc2cc1NC(=O)c1ccc(N2CC3(CNCCO3)C2)c2cn(C)nc12. The summed E-state index contributed by atoms with van der Waals surface area (Å²) in [5.74, 6) is 0.317. The second-order valence-electron chi connectivity index (χ2n) is 9.13. The van der Waals surface area contributed by atoms with Crippen LogP contribution in [0.5, 0.6) is 5.75 Å². The molecular formula is C24H27N7O3. The molecule has 1 spiro atoms. The van der Waals surface area contributed by atoms with E-state index in [0.29, 0.717) is 22.5 Å². The average Bonchev–Trinajstić information content (AvgIpc) is 3.37. The molecule has 0 aliphatic carbocycles. The van der Waals surface area contributed by atoms with Gasteiger partial charge in [-0.2, -0.15) is 10.2 Å². The molecule has 10 heteroatoms. The number of morpholine rings is 1. The van der Waals surface area contributed by atoms with E-state index in [2.05, 4.69) is 25.7 Å². The van der Waals surface area contributed by atoms with Crippen LogP contribution in [0.15, 0.2) is 36.7 Å². The summed E-state index contributed by atoms with van der Waals surface area (Å²) < 4.78 is 15.0. The number of carbonyl (C=O) groups is 1. The van der Waals surface area contributed by atoms with Crippen molar-refractivity contribution in [2.24, 2.45) is 14.1 Å². The van der Waals surface area contributed by atoms with E-state index in [9.17, 15) is 4.79 Å². The predicted molar refractivity (Wildman–Crippen MR) is 130 cm³/mol. The van der Waals surface area contributed by atoms with Crippen molar-refractivity contribution in [2.75, 3.05) is 50.1 Å². The smallest absolute Gasteiger partial charge is 0.258 e. The van der Waals surface area contributed by atoms with Crippen LogP contribution in [0.25, 0.3) is 21.8 Å². The number of aromatic nitrogens is 4. The third-order valence-corrected chi connectivity index (χ3v) is 6.63. The van der Waals surface area contributed by atoms with E-state index >= 15 is 0 Å². The fraction of sp³-hybridized carbons (Fsp3) is 0.375. The molecule has 4 aromatic rings. The van der Waals surface area contributed by atoms with Crippen LogP contribution in [0.4, 0.5) is 11.4 Å². The molecule has 2 aliphatic rings. The Balaban J connectivity index is 1.31. The minimum atomic E-state index is -0.239. The summed E-state index contributed by atoms with van der Waals surface area (Å²) in [6.45, 7) is 4.14. The number of anilines is 2. The Kier molecular flexibility index (Phi) is 4.75. The van der Waals surface area contributed by atoms with Crippen molar-refractivity contribution in [3.8, 4) is 5.75 Å². The zero-order valence-corrected chi connectivity index (χ0v) is 19.5. The Morgan fingerprint density at radius 1 is 1.18 bits per heavy atom. The van der Waals surface area contributed by atoms with E-state index in [-0.39, 0.29) is 11.5 Å². The van der Waals surface area contributed by atoms with Crippen molar-refractivity contribution >= 4 is 39.1 Å². The summed E-state index contributed by atoms with van der Waals surface area (Å²) in [6.07, 6.45) is 3.87. The molecule has 10 nitrogen and oxygen atoms in total. The third kappa shape index (κ3) is 3.37. The van der Waals surface area contributed by atoms with Gasteiger partial charge in [-0.15, -0.1) is 0 Å². The van der Waals surface area contributed by atoms with E-state index in [0.717, 1.165) is 54.8 Å². The Bertz CT molecular complexity index is 1410. The van der Waals surface area contributed by atoms with Gasteiger partial charge < -0.3 is 25.0 Å².